The fourth-order valence-corrected chi connectivity index (χ4v) is 2.67. The number of hydrogen-bond acceptors (Lipinski definition) is 4. The van der Waals surface area contributed by atoms with Gasteiger partial charge in [0.1, 0.15) is 5.82 Å². The Bertz CT molecular complexity index is 656. The second-order valence-corrected chi connectivity index (χ2v) is 5.24. The molecule has 1 fully saturated rings. The van der Waals surface area contributed by atoms with Gasteiger partial charge in [0.2, 0.25) is 0 Å². The Kier molecular flexibility index (Phi) is 3.10. The highest BCUT2D eigenvalue weighted by molar-refractivity contribution is 5.92. The molecule has 1 saturated heterocycles. The molecule has 3 rings (SSSR count). The maximum atomic E-state index is 11.1. The van der Waals surface area contributed by atoms with Gasteiger partial charge >= 0.3 is 5.97 Å². The van der Waals surface area contributed by atoms with Gasteiger partial charge in [-0.15, -0.1) is 0 Å². The summed E-state index contributed by atoms with van der Waals surface area (Å²) >= 11 is 0. The Morgan fingerprint density at radius 1 is 1.25 bits per heavy atom. The minimum absolute atomic E-state index is 0.299. The molecule has 0 saturated carbocycles. The number of aromatic carboxylic acids is 1. The molecule has 0 unspecified atom stereocenters. The third-order valence-corrected chi connectivity index (χ3v) is 3.80. The number of likely N-dealkylation sites (N-methyl/N-ethyl adjacent to an activating group) is 1. The maximum absolute atomic E-state index is 11.1. The summed E-state index contributed by atoms with van der Waals surface area (Å²) in [4.78, 5) is 17.9. The Balaban J connectivity index is 2.06. The quantitative estimate of drug-likeness (QED) is 0.882. The highest BCUT2D eigenvalue weighted by atomic mass is 16.4. The topological polar surface area (TPSA) is 61.6 Å². The number of carboxylic acid groups (broad SMARTS) is 1. The normalized spacial score (nSPS) is 16.8. The number of hydrogen-bond donors (Lipinski definition) is 1. The zero-order valence-corrected chi connectivity index (χ0v) is 11.7. The summed E-state index contributed by atoms with van der Waals surface area (Å²) < 4.78 is 2.05. The van der Waals surface area contributed by atoms with E-state index in [0.29, 0.717) is 5.56 Å². The van der Waals surface area contributed by atoms with Crippen LogP contribution in [0.3, 0.4) is 0 Å². The number of nitrogens with zero attached hydrogens (tertiary/aromatic N) is 4. The van der Waals surface area contributed by atoms with Gasteiger partial charge in [-0.2, -0.15) is 0 Å². The van der Waals surface area contributed by atoms with Crippen molar-refractivity contribution in [2.24, 2.45) is 0 Å². The SMILES string of the molecule is Cc1nc2ccc(C(=O)O)cc2n1N1CCN(C)CC1. The average molecular weight is 274 g/mol. The van der Waals surface area contributed by atoms with E-state index in [1.807, 2.05) is 6.92 Å². The summed E-state index contributed by atoms with van der Waals surface area (Å²) in [5.41, 5.74) is 2.01. The van der Waals surface area contributed by atoms with Gasteiger partial charge in [-0.1, -0.05) is 0 Å². The first-order chi connectivity index (χ1) is 9.56. The van der Waals surface area contributed by atoms with Crippen LogP contribution >= 0.6 is 0 Å². The molecule has 1 aromatic heterocycles. The number of carboxylic acids is 1. The van der Waals surface area contributed by atoms with Crippen LogP contribution in [0, 0.1) is 6.92 Å². The minimum Gasteiger partial charge on any atom is -0.478 e. The molecule has 6 nitrogen and oxygen atoms in total. The van der Waals surface area contributed by atoms with Crippen LogP contribution in [0.2, 0.25) is 0 Å². The van der Waals surface area contributed by atoms with E-state index in [4.69, 9.17) is 5.11 Å². The Labute approximate surface area is 117 Å². The molecular weight excluding hydrogens is 256 g/mol. The van der Waals surface area contributed by atoms with Crippen molar-refractivity contribution in [1.29, 1.82) is 0 Å². The lowest BCUT2D eigenvalue weighted by molar-refractivity contribution is 0.0697. The molecule has 0 amide bonds. The van der Waals surface area contributed by atoms with E-state index in [-0.39, 0.29) is 0 Å². The van der Waals surface area contributed by atoms with Crippen molar-refractivity contribution in [2.45, 2.75) is 6.92 Å². The van der Waals surface area contributed by atoms with Gasteiger partial charge in [0.15, 0.2) is 0 Å². The smallest absolute Gasteiger partial charge is 0.335 e. The van der Waals surface area contributed by atoms with E-state index in [9.17, 15) is 4.79 Å². The Morgan fingerprint density at radius 2 is 1.95 bits per heavy atom. The molecule has 1 aromatic carbocycles. The summed E-state index contributed by atoms with van der Waals surface area (Å²) in [6.07, 6.45) is 0. The molecule has 2 aromatic rings. The van der Waals surface area contributed by atoms with Crippen LogP contribution in [0.1, 0.15) is 16.2 Å². The molecule has 20 heavy (non-hydrogen) atoms. The number of aromatic nitrogens is 2. The second-order valence-electron chi connectivity index (χ2n) is 5.24. The predicted octanol–water partition coefficient (Wildman–Crippen LogP) is 0.926. The van der Waals surface area contributed by atoms with Gasteiger partial charge < -0.3 is 15.0 Å². The zero-order chi connectivity index (χ0) is 14.3. The third-order valence-electron chi connectivity index (χ3n) is 3.80. The average Bonchev–Trinajstić information content (AvgIpc) is 2.75. The molecule has 106 valence electrons. The second kappa shape index (κ2) is 4.79. The fourth-order valence-electron chi connectivity index (χ4n) is 2.67. The number of carbonyl (C=O) groups is 1. The molecule has 1 aliphatic heterocycles. The number of imidazole rings is 1. The molecule has 1 aliphatic rings. The van der Waals surface area contributed by atoms with E-state index in [1.54, 1.807) is 18.2 Å². The monoisotopic (exact) mass is 274 g/mol. The van der Waals surface area contributed by atoms with Crippen LogP contribution in [0.5, 0.6) is 0 Å². The maximum Gasteiger partial charge on any atom is 0.335 e. The lowest BCUT2D eigenvalue weighted by Gasteiger charge is -2.35. The van der Waals surface area contributed by atoms with Crippen LogP contribution in [-0.2, 0) is 0 Å². The summed E-state index contributed by atoms with van der Waals surface area (Å²) in [7, 11) is 2.11. The Morgan fingerprint density at radius 3 is 2.60 bits per heavy atom. The van der Waals surface area contributed by atoms with Crippen LogP contribution in [-0.4, -0.2) is 58.9 Å². The molecule has 0 atom stereocenters. The van der Waals surface area contributed by atoms with Crippen LogP contribution < -0.4 is 5.01 Å². The summed E-state index contributed by atoms with van der Waals surface area (Å²) in [5, 5.41) is 11.4. The van der Waals surface area contributed by atoms with E-state index in [1.165, 1.54) is 0 Å². The fraction of sp³-hybridized carbons (Fsp3) is 0.429. The van der Waals surface area contributed by atoms with Crippen molar-refractivity contribution in [3.05, 3.63) is 29.6 Å². The molecule has 2 heterocycles. The van der Waals surface area contributed by atoms with Gasteiger partial charge in [0, 0.05) is 26.2 Å². The largest absolute Gasteiger partial charge is 0.478 e. The van der Waals surface area contributed by atoms with Crippen LogP contribution in [0.25, 0.3) is 11.0 Å². The Hall–Kier alpha value is -2.08. The van der Waals surface area contributed by atoms with Gasteiger partial charge in [0.05, 0.1) is 16.6 Å². The van der Waals surface area contributed by atoms with E-state index in [2.05, 4.69) is 26.6 Å². The van der Waals surface area contributed by atoms with Gasteiger partial charge in [0.25, 0.3) is 0 Å². The molecular formula is C14H18N4O2. The first-order valence-corrected chi connectivity index (χ1v) is 6.72. The molecule has 0 spiro atoms. The predicted molar refractivity (Wildman–Crippen MR) is 76.9 cm³/mol. The van der Waals surface area contributed by atoms with Crippen molar-refractivity contribution in [1.82, 2.24) is 14.6 Å². The van der Waals surface area contributed by atoms with Gasteiger partial charge in [-0.25, -0.2) is 14.5 Å². The van der Waals surface area contributed by atoms with Crippen molar-refractivity contribution >= 4 is 17.0 Å². The highest BCUT2D eigenvalue weighted by Crippen LogP contribution is 2.19. The standard InChI is InChI=1S/C14H18N4O2/c1-10-15-12-4-3-11(14(19)20)9-13(12)18(10)17-7-5-16(2)6-8-17/h3-4,9H,5-8H2,1-2H3,(H,19,20). The van der Waals surface area contributed by atoms with Crippen molar-refractivity contribution in [3.8, 4) is 0 Å². The number of piperazine rings is 1. The summed E-state index contributed by atoms with van der Waals surface area (Å²) in [6, 6.07) is 5.08. The molecule has 0 bridgehead atoms. The van der Waals surface area contributed by atoms with E-state index < -0.39 is 5.97 Å². The lowest BCUT2D eigenvalue weighted by Crippen LogP contribution is -2.50. The number of rotatable bonds is 2. The van der Waals surface area contributed by atoms with Crippen molar-refractivity contribution in [3.63, 3.8) is 0 Å². The number of aryl methyl sites for hydroxylation is 1. The first-order valence-electron chi connectivity index (χ1n) is 6.72. The summed E-state index contributed by atoms with van der Waals surface area (Å²) in [6.45, 7) is 5.79. The van der Waals surface area contributed by atoms with Crippen LogP contribution in [0.4, 0.5) is 0 Å². The number of benzene rings is 1. The molecule has 1 N–H and O–H groups in total. The number of fused-ring (bicyclic) bond motifs is 1. The molecule has 6 heteroatoms. The molecule has 0 radical (unpaired) electrons. The van der Waals surface area contributed by atoms with E-state index in [0.717, 1.165) is 43.0 Å². The van der Waals surface area contributed by atoms with E-state index >= 15 is 0 Å². The lowest BCUT2D eigenvalue weighted by atomic mass is 10.2. The van der Waals surface area contributed by atoms with Crippen molar-refractivity contribution in [2.75, 3.05) is 38.2 Å². The highest BCUT2D eigenvalue weighted by Gasteiger charge is 2.19. The molecule has 0 aliphatic carbocycles. The zero-order valence-electron chi connectivity index (χ0n) is 11.7. The third kappa shape index (κ3) is 2.12. The van der Waals surface area contributed by atoms with Gasteiger partial charge in [-0.3, -0.25) is 0 Å². The van der Waals surface area contributed by atoms with Crippen molar-refractivity contribution < 1.29 is 9.90 Å². The van der Waals surface area contributed by atoms with Gasteiger partial charge in [-0.05, 0) is 32.2 Å². The first kappa shape index (κ1) is 12.9. The van der Waals surface area contributed by atoms with Crippen LogP contribution in [0.15, 0.2) is 18.2 Å². The summed E-state index contributed by atoms with van der Waals surface area (Å²) in [5.74, 6) is -0.0113. The minimum atomic E-state index is -0.907.